The van der Waals surface area contributed by atoms with Gasteiger partial charge in [-0.2, -0.15) is 0 Å². The van der Waals surface area contributed by atoms with Gasteiger partial charge in [0, 0.05) is 25.2 Å². The first kappa shape index (κ1) is 14.5. The minimum Gasteiger partial charge on any atom is -0.396 e. The van der Waals surface area contributed by atoms with Crippen LogP contribution in [0, 0.1) is 11.8 Å². The van der Waals surface area contributed by atoms with Crippen LogP contribution in [0.25, 0.3) is 0 Å². The molecule has 3 N–H and O–H groups in total. The van der Waals surface area contributed by atoms with Crippen molar-refractivity contribution in [3.63, 3.8) is 0 Å². The predicted octanol–water partition coefficient (Wildman–Crippen LogP) is 1.85. The molecular formula is C16H26N2O. The molecule has 3 atom stereocenters. The molecule has 2 rings (SSSR count). The van der Waals surface area contributed by atoms with Crippen LogP contribution in [0.2, 0.25) is 0 Å². The summed E-state index contributed by atoms with van der Waals surface area (Å²) in [5.74, 6) is 1.05. The molecule has 1 aliphatic carbocycles. The lowest BCUT2D eigenvalue weighted by molar-refractivity contribution is 0.255. The molecule has 0 saturated heterocycles. The summed E-state index contributed by atoms with van der Waals surface area (Å²) in [5.41, 5.74) is 7.76. The fourth-order valence-electron chi connectivity index (χ4n) is 3.56. The number of hydrogen-bond donors (Lipinski definition) is 2. The van der Waals surface area contributed by atoms with Crippen LogP contribution in [0.15, 0.2) is 30.3 Å². The highest BCUT2D eigenvalue weighted by Gasteiger charge is 2.60. The van der Waals surface area contributed by atoms with Gasteiger partial charge < -0.3 is 15.7 Å². The highest BCUT2D eigenvalue weighted by Crippen LogP contribution is 2.52. The fraction of sp³-hybridized carbons (Fsp3) is 0.625. The maximum absolute atomic E-state index is 9.12. The van der Waals surface area contributed by atoms with Crippen LogP contribution in [0.4, 0.5) is 0 Å². The molecule has 106 valence electrons. The molecule has 0 heterocycles. The van der Waals surface area contributed by atoms with Crippen molar-refractivity contribution in [1.29, 1.82) is 0 Å². The Kier molecular flexibility index (Phi) is 4.61. The number of likely N-dealkylation sites (N-methyl/N-ethyl adjacent to an activating group) is 1. The molecule has 0 aromatic heterocycles. The van der Waals surface area contributed by atoms with Gasteiger partial charge in [-0.15, -0.1) is 0 Å². The summed E-state index contributed by atoms with van der Waals surface area (Å²) in [4.78, 5) is 2.30. The van der Waals surface area contributed by atoms with Gasteiger partial charge in [0.05, 0.1) is 0 Å². The number of aliphatic hydroxyl groups is 1. The van der Waals surface area contributed by atoms with E-state index >= 15 is 0 Å². The lowest BCUT2D eigenvalue weighted by Crippen LogP contribution is -2.40. The van der Waals surface area contributed by atoms with Gasteiger partial charge in [-0.25, -0.2) is 0 Å². The smallest absolute Gasteiger partial charge is 0.0434 e. The van der Waals surface area contributed by atoms with Crippen molar-refractivity contribution in [3.05, 3.63) is 35.9 Å². The molecule has 0 amide bonds. The molecule has 3 heteroatoms. The molecule has 1 fully saturated rings. The molecule has 1 saturated carbocycles. The first-order valence-corrected chi connectivity index (χ1v) is 7.24. The Morgan fingerprint density at radius 2 is 1.95 bits per heavy atom. The summed E-state index contributed by atoms with van der Waals surface area (Å²) in [6, 6.07) is 10.5. The van der Waals surface area contributed by atoms with E-state index in [4.69, 9.17) is 10.8 Å². The van der Waals surface area contributed by atoms with E-state index in [0.29, 0.717) is 11.8 Å². The summed E-state index contributed by atoms with van der Waals surface area (Å²) in [6.45, 7) is 4.29. The molecule has 0 aliphatic heterocycles. The first-order chi connectivity index (χ1) is 9.11. The Balaban J connectivity index is 1.90. The minimum absolute atomic E-state index is 0.0962. The molecule has 0 unspecified atom stereocenters. The van der Waals surface area contributed by atoms with Crippen LogP contribution < -0.4 is 5.73 Å². The van der Waals surface area contributed by atoms with E-state index < -0.39 is 0 Å². The van der Waals surface area contributed by atoms with E-state index in [2.05, 4.69) is 43.1 Å². The van der Waals surface area contributed by atoms with Gasteiger partial charge >= 0.3 is 0 Å². The molecule has 1 aliphatic rings. The summed E-state index contributed by atoms with van der Waals surface area (Å²) in [6.07, 6.45) is 1.95. The van der Waals surface area contributed by atoms with Gasteiger partial charge in [-0.1, -0.05) is 43.7 Å². The monoisotopic (exact) mass is 262 g/mol. The van der Waals surface area contributed by atoms with Crippen molar-refractivity contribution in [2.75, 3.05) is 20.2 Å². The van der Waals surface area contributed by atoms with Crippen molar-refractivity contribution in [3.8, 4) is 0 Å². The Morgan fingerprint density at radius 3 is 2.53 bits per heavy atom. The zero-order chi connectivity index (χ0) is 13.9. The second-order valence-corrected chi connectivity index (χ2v) is 5.90. The van der Waals surface area contributed by atoms with Gasteiger partial charge in [0.15, 0.2) is 0 Å². The zero-order valence-electron chi connectivity index (χ0n) is 12.0. The average molecular weight is 262 g/mol. The van der Waals surface area contributed by atoms with Crippen molar-refractivity contribution in [1.82, 2.24) is 4.90 Å². The second kappa shape index (κ2) is 6.04. The SMILES string of the molecule is CC[C@@H]1[C@H](CCO)[C@@]1(N)CN(C)Cc1ccccc1. The number of hydrogen-bond acceptors (Lipinski definition) is 3. The van der Waals surface area contributed by atoms with Crippen LogP contribution in [0.1, 0.15) is 25.3 Å². The van der Waals surface area contributed by atoms with Gasteiger partial charge in [0.25, 0.3) is 0 Å². The standard InChI is InChI=1S/C16H26N2O/c1-3-14-15(9-10-19)16(14,17)12-18(2)11-13-7-5-4-6-8-13/h4-8,14-15,19H,3,9-12,17H2,1-2H3/t14-,15+,16-/m1/s1. The number of aliphatic hydroxyl groups excluding tert-OH is 1. The topological polar surface area (TPSA) is 49.5 Å². The van der Waals surface area contributed by atoms with Crippen LogP contribution >= 0.6 is 0 Å². The van der Waals surface area contributed by atoms with Crippen molar-refractivity contribution in [2.24, 2.45) is 17.6 Å². The van der Waals surface area contributed by atoms with Crippen molar-refractivity contribution >= 4 is 0 Å². The Morgan fingerprint density at radius 1 is 1.26 bits per heavy atom. The van der Waals surface area contributed by atoms with Crippen molar-refractivity contribution < 1.29 is 5.11 Å². The quantitative estimate of drug-likeness (QED) is 0.788. The third kappa shape index (κ3) is 3.16. The van der Waals surface area contributed by atoms with Crippen LogP contribution in [0.5, 0.6) is 0 Å². The van der Waals surface area contributed by atoms with Crippen LogP contribution in [-0.2, 0) is 6.54 Å². The van der Waals surface area contributed by atoms with E-state index in [1.54, 1.807) is 0 Å². The van der Waals surface area contributed by atoms with Crippen LogP contribution in [0.3, 0.4) is 0 Å². The van der Waals surface area contributed by atoms with Crippen LogP contribution in [-0.4, -0.2) is 35.7 Å². The minimum atomic E-state index is -0.0962. The van der Waals surface area contributed by atoms with Crippen molar-refractivity contribution in [2.45, 2.75) is 31.8 Å². The molecule has 19 heavy (non-hydrogen) atoms. The molecule has 1 aromatic carbocycles. The Bertz CT molecular complexity index is 395. The van der Waals surface area contributed by atoms with E-state index in [1.165, 1.54) is 5.56 Å². The highest BCUT2D eigenvalue weighted by atomic mass is 16.3. The molecular weight excluding hydrogens is 236 g/mol. The molecule has 0 radical (unpaired) electrons. The van der Waals surface area contributed by atoms with E-state index in [0.717, 1.165) is 25.9 Å². The lowest BCUT2D eigenvalue weighted by atomic mass is 10.1. The van der Waals surface area contributed by atoms with Gasteiger partial charge in [0.2, 0.25) is 0 Å². The van der Waals surface area contributed by atoms with E-state index in [1.807, 2.05) is 6.07 Å². The third-order valence-electron chi connectivity index (χ3n) is 4.48. The Labute approximate surface area is 116 Å². The zero-order valence-corrected chi connectivity index (χ0v) is 12.0. The summed E-state index contributed by atoms with van der Waals surface area (Å²) in [7, 11) is 2.13. The molecule has 1 aromatic rings. The number of nitrogens with zero attached hydrogens (tertiary/aromatic N) is 1. The van der Waals surface area contributed by atoms with Gasteiger partial charge in [-0.3, -0.25) is 0 Å². The molecule has 0 spiro atoms. The average Bonchev–Trinajstić information content (AvgIpc) is 2.93. The maximum atomic E-state index is 9.12. The first-order valence-electron chi connectivity index (χ1n) is 7.24. The number of rotatable bonds is 7. The van der Waals surface area contributed by atoms with E-state index in [-0.39, 0.29) is 12.1 Å². The number of nitrogens with two attached hydrogens (primary N) is 1. The normalized spacial score (nSPS) is 29.7. The lowest BCUT2D eigenvalue weighted by Gasteiger charge is -2.22. The molecule has 3 nitrogen and oxygen atoms in total. The third-order valence-corrected chi connectivity index (χ3v) is 4.48. The Hall–Kier alpha value is -0.900. The van der Waals surface area contributed by atoms with Gasteiger partial charge in [-0.05, 0) is 30.9 Å². The highest BCUT2D eigenvalue weighted by molar-refractivity contribution is 5.18. The predicted molar refractivity (Wildman–Crippen MR) is 78.7 cm³/mol. The number of benzene rings is 1. The summed E-state index contributed by atoms with van der Waals surface area (Å²) < 4.78 is 0. The summed E-state index contributed by atoms with van der Waals surface area (Å²) >= 11 is 0. The van der Waals surface area contributed by atoms with E-state index in [9.17, 15) is 0 Å². The fourth-order valence-corrected chi connectivity index (χ4v) is 3.56. The van der Waals surface area contributed by atoms with Gasteiger partial charge in [0.1, 0.15) is 0 Å². The second-order valence-electron chi connectivity index (χ2n) is 5.90. The maximum Gasteiger partial charge on any atom is 0.0434 e. The molecule has 0 bridgehead atoms. The summed E-state index contributed by atoms with van der Waals surface area (Å²) in [5, 5.41) is 9.12. The largest absolute Gasteiger partial charge is 0.396 e.